The second kappa shape index (κ2) is 5.58. The third-order valence-corrected chi connectivity index (χ3v) is 4.64. The second-order valence-electron chi connectivity index (χ2n) is 5.00. The van der Waals surface area contributed by atoms with Gasteiger partial charge in [0.05, 0.1) is 5.69 Å². The molecule has 1 aromatic heterocycles. The van der Waals surface area contributed by atoms with Crippen molar-refractivity contribution in [2.45, 2.75) is 10.5 Å². The Labute approximate surface area is 136 Å². The van der Waals surface area contributed by atoms with Crippen molar-refractivity contribution in [3.8, 4) is 11.4 Å². The molecule has 0 bridgehead atoms. The number of anilines is 1. The lowest BCUT2D eigenvalue weighted by Crippen LogP contribution is -2.14. The molecule has 116 valence electrons. The fraction of sp³-hybridized carbons (Fsp3) is 0.0667. The minimum Gasteiger partial charge on any atom is -0.733 e. The van der Waals surface area contributed by atoms with Crippen molar-refractivity contribution in [2.75, 3.05) is 10.7 Å². The lowest BCUT2D eigenvalue weighted by atomic mass is 10.2. The van der Waals surface area contributed by atoms with Gasteiger partial charge in [0.2, 0.25) is 5.16 Å². The number of fused-ring (bicyclic) bond motifs is 1. The highest BCUT2D eigenvalue weighted by Gasteiger charge is 2.27. The molecule has 0 radical (unpaired) electrons. The Morgan fingerprint density at radius 3 is 2.52 bits per heavy atom. The van der Waals surface area contributed by atoms with Crippen molar-refractivity contribution in [3.05, 3.63) is 65.4 Å². The molecule has 1 aliphatic heterocycles. The van der Waals surface area contributed by atoms with Crippen LogP contribution < -0.4 is 10.7 Å². The van der Waals surface area contributed by atoms with Crippen LogP contribution in [0, 0.1) is 5.21 Å². The average Bonchev–Trinajstić information content (AvgIpc) is 3.16. The molecule has 1 aliphatic rings. The molecule has 0 amide bonds. The molecule has 2 heterocycles. The first-order valence-corrected chi connectivity index (χ1v) is 7.80. The van der Waals surface area contributed by atoms with Crippen LogP contribution in [0.5, 0.6) is 0 Å². The van der Waals surface area contributed by atoms with E-state index in [1.165, 1.54) is 0 Å². The number of hydrogen-bond donors (Lipinski definition) is 2. The molecule has 0 saturated heterocycles. The van der Waals surface area contributed by atoms with Crippen LogP contribution in [0.1, 0.15) is 10.9 Å². The summed E-state index contributed by atoms with van der Waals surface area (Å²) in [6.45, 7) is 0. The van der Waals surface area contributed by atoms with Crippen LogP contribution in [0.15, 0.2) is 59.8 Å². The predicted octanol–water partition coefficient (Wildman–Crippen LogP) is 2.99. The number of thioether (sulfide) groups is 1. The van der Waals surface area contributed by atoms with Gasteiger partial charge in [0.1, 0.15) is 5.37 Å². The SMILES string of the molecule is [O-]N(O)c1ccc([C@H]2Nn3c(nnc3-c3ccccc3)S2)cc1. The Morgan fingerprint density at radius 2 is 1.83 bits per heavy atom. The van der Waals surface area contributed by atoms with E-state index in [0.717, 1.165) is 22.1 Å². The Balaban J connectivity index is 1.60. The molecule has 0 fully saturated rings. The number of hydrogen-bond acceptors (Lipinski definition) is 7. The van der Waals surface area contributed by atoms with Crippen LogP contribution in [0.3, 0.4) is 0 Å². The molecule has 0 aliphatic carbocycles. The summed E-state index contributed by atoms with van der Waals surface area (Å²) >= 11 is 1.54. The normalized spacial score (nSPS) is 16.0. The van der Waals surface area contributed by atoms with Crippen LogP contribution in [0.25, 0.3) is 11.4 Å². The third kappa shape index (κ3) is 2.52. The fourth-order valence-corrected chi connectivity index (χ4v) is 3.40. The highest BCUT2D eigenvalue weighted by Crippen LogP contribution is 2.40. The first-order valence-electron chi connectivity index (χ1n) is 6.92. The number of aromatic nitrogens is 3. The number of rotatable bonds is 3. The molecule has 2 N–H and O–H groups in total. The molecule has 23 heavy (non-hydrogen) atoms. The zero-order chi connectivity index (χ0) is 15.8. The van der Waals surface area contributed by atoms with Crippen LogP contribution in [0.2, 0.25) is 0 Å². The first kappa shape index (κ1) is 14.1. The monoisotopic (exact) mass is 326 g/mol. The minimum atomic E-state index is -0.151. The topological polar surface area (TPSA) is 89.3 Å². The third-order valence-electron chi connectivity index (χ3n) is 3.55. The van der Waals surface area contributed by atoms with Gasteiger partial charge in [0, 0.05) is 5.56 Å². The van der Waals surface area contributed by atoms with E-state index in [1.54, 1.807) is 36.0 Å². The zero-order valence-electron chi connectivity index (χ0n) is 11.8. The van der Waals surface area contributed by atoms with Crippen molar-refractivity contribution in [3.63, 3.8) is 0 Å². The van der Waals surface area contributed by atoms with E-state index in [0.29, 0.717) is 0 Å². The maximum absolute atomic E-state index is 10.8. The molecule has 7 nitrogen and oxygen atoms in total. The van der Waals surface area contributed by atoms with Crippen molar-refractivity contribution in [1.82, 2.24) is 14.9 Å². The molecular weight excluding hydrogens is 314 g/mol. The summed E-state index contributed by atoms with van der Waals surface area (Å²) in [5, 5.41) is 28.8. The summed E-state index contributed by atoms with van der Waals surface area (Å²) in [7, 11) is 0. The van der Waals surface area contributed by atoms with Gasteiger partial charge >= 0.3 is 0 Å². The highest BCUT2D eigenvalue weighted by atomic mass is 32.2. The summed E-state index contributed by atoms with van der Waals surface area (Å²) in [6.07, 6.45) is 0. The standard InChI is InChI=1S/C15H12N5O2S/c21-20(22)12-8-6-11(7-9-12)14-18-19-13(16-17-15(19)23-14)10-4-2-1-3-5-10/h1-9,14,18,21H/q-1/t14-/m0/s1. The van der Waals surface area contributed by atoms with Crippen LogP contribution in [-0.2, 0) is 0 Å². The van der Waals surface area contributed by atoms with Gasteiger partial charge in [-0.15, -0.1) is 10.2 Å². The van der Waals surface area contributed by atoms with Crippen LogP contribution >= 0.6 is 11.8 Å². The Bertz CT molecular complexity index is 820. The Morgan fingerprint density at radius 1 is 1.09 bits per heavy atom. The maximum Gasteiger partial charge on any atom is 0.212 e. The van der Waals surface area contributed by atoms with Crippen molar-refractivity contribution < 1.29 is 5.21 Å². The van der Waals surface area contributed by atoms with Crippen LogP contribution in [0.4, 0.5) is 5.69 Å². The maximum atomic E-state index is 10.8. The summed E-state index contributed by atoms with van der Waals surface area (Å²) < 4.78 is 1.87. The van der Waals surface area contributed by atoms with Gasteiger partial charge in [-0.25, -0.2) is 4.68 Å². The number of nitrogens with one attached hydrogen (secondary N) is 1. The molecular formula is C15H12N5O2S-. The Hall–Kier alpha value is -2.55. The number of nitrogens with zero attached hydrogens (tertiary/aromatic N) is 4. The van der Waals surface area contributed by atoms with E-state index >= 15 is 0 Å². The Kier molecular flexibility index (Phi) is 3.41. The lowest BCUT2D eigenvalue weighted by molar-refractivity contribution is 0.296. The van der Waals surface area contributed by atoms with E-state index in [2.05, 4.69) is 15.6 Å². The average molecular weight is 326 g/mol. The molecule has 0 saturated carbocycles. The molecule has 0 spiro atoms. The van der Waals surface area contributed by atoms with Crippen molar-refractivity contribution >= 4 is 17.4 Å². The summed E-state index contributed by atoms with van der Waals surface area (Å²) in [5.41, 5.74) is 5.50. The van der Waals surface area contributed by atoms with Gasteiger partial charge in [0.15, 0.2) is 5.82 Å². The van der Waals surface area contributed by atoms with E-state index in [9.17, 15) is 5.21 Å². The molecule has 2 aromatic carbocycles. The summed E-state index contributed by atoms with van der Waals surface area (Å²) in [4.78, 5) is 0. The molecule has 0 unspecified atom stereocenters. The van der Waals surface area contributed by atoms with E-state index in [1.807, 2.05) is 35.0 Å². The van der Waals surface area contributed by atoms with E-state index in [-0.39, 0.29) is 16.3 Å². The predicted molar refractivity (Wildman–Crippen MR) is 87.5 cm³/mol. The largest absolute Gasteiger partial charge is 0.733 e. The van der Waals surface area contributed by atoms with Gasteiger partial charge in [-0.05, 0) is 17.7 Å². The molecule has 1 atom stereocenters. The van der Waals surface area contributed by atoms with Gasteiger partial charge in [0.25, 0.3) is 0 Å². The van der Waals surface area contributed by atoms with Gasteiger partial charge in [-0.2, -0.15) is 0 Å². The van der Waals surface area contributed by atoms with Crippen LogP contribution in [-0.4, -0.2) is 20.1 Å². The van der Waals surface area contributed by atoms with E-state index in [4.69, 9.17) is 5.21 Å². The van der Waals surface area contributed by atoms with Crippen molar-refractivity contribution in [2.24, 2.45) is 0 Å². The van der Waals surface area contributed by atoms with Gasteiger partial charge < -0.3 is 15.9 Å². The van der Waals surface area contributed by atoms with Gasteiger partial charge in [-0.1, -0.05) is 54.2 Å². The molecule has 4 rings (SSSR count). The lowest BCUT2D eigenvalue weighted by Gasteiger charge is -2.22. The first-order chi connectivity index (χ1) is 11.2. The zero-order valence-corrected chi connectivity index (χ0v) is 12.6. The molecule has 8 heteroatoms. The minimum absolute atomic E-state index is 0.0317. The second-order valence-corrected chi connectivity index (χ2v) is 6.07. The smallest absolute Gasteiger partial charge is 0.212 e. The highest BCUT2D eigenvalue weighted by molar-refractivity contribution is 7.99. The summed E-state index contributed by atoms with van der Waals surface area (Å²) in [5.74, 6) is 0.758. The van der Waals surface area contributed by atoms with Crippen molar-refractivity contribution in [1.29, 1.82) is 0 Å². The quantitative estimate of drug-likeness (QED) is 0.715. The molecule has 3 aromatic rings. The van der Waals surface area contributed by atoms with Gasteiger partial charge in [-0.3, -0.25) is 5.21 Å². The fourth-order valence-electron chi connectivity index (χ4n) is 2.41. The van der Waals surface area contributed by atoms with E-state index < -0.39 is 0 Å². The number of benzene rings is 2. The summed E-state index contributed by atoms with van der Waals surface area (Å²) in [6, 6.07) is 16.6.